The van der Waals surface area contributed by atoms with Crippen molar-refractivity contribution in [3.8, 4) is 0 Å². The highest BCUT2D eigenvalue weighted by molar-refractivity contribution is 6.31. The van der Waals surface area contributed by atoms with Crippen molar-refractivity contribution in [3.05, 3.63) is 34.9 Å². The van der Waals surface area contributed by atoms with E-state index in [1.165, 1.54) is 0 Å². The van der Waals surface area contributed by atoms with Crippen molar-refractivity contribution in [1.82, 2.24) is 10.2 Å². The maximum absolute atomic E-state index is 11.3. The summed E-state index contributed by atoms with van der Waals surface area (Å²) in [5.74, 6) is -0.149. The standard InChI is InChI=1S/C14H22ClN3O.2ClH/c1-3-18(4-2)13(10-17-14(19)9-16)11-7-5-6-8-12(11)15;;/h5-8,13H,3-4,9-10,16H2,1-2H3,(H,17,19);2*1H. The lowest BCUT2D eigenvalue weighted by molar-refractivity contribution is -0.120. The van der Waals surface area contributed by atoms with Gasteiger partial charge < -0.3 is 11.1 Å². The topological polar surface area (TPSA) is 58.4 Å². The molecule has 0 heterocycles. The summed E-state index contributed by atoms with van der Waals surface area (Å²) in [4.78, 5) is 13.6. The zero-order valence-corrected chi connectivity index (χ0v) is 14.7. The molecule has 0 aliphatic carbocycles. The number of amides is 1. The zero-order chi connectivity index (χ0) is 14.3. The molecule has 1 rings (SSSR count). The minimum Gasteiger partial charge on any atom is -0.353 e. The Labute approximate surface area is 144 Å². The summed E-state index contributed by atoms with van der Waals surface area (Å²) in [5.41, 5.74) is 6.35. The fourth-order valence-electron chi connectivity index (χ4n) is 2.13. The largest absolute Gasteiger partial charge is 0.353 e. The van der Waals surface area contributed by atoms with Crippen LogP contribution in [0.4, 0.5) is 0 Å². The van der Waals surface area contributed by atoms with Crippen LogP contribution < -0.4 is 11.1 Å². The van der Waals surface area contributed by atoms with E-state index in [0.717, 1.165) is 23.7 Å². The fourth-order valence-corrected chi connectivity index (χ4v) is 2.39. The predicted octanol–water partition coefficient (Wildman–Crippen LogP) is 2.64. The number of nitrogens with zero attached hydrogens (tertiary/aromatic N) is 1. The fraction of sp³-hybridized carbons (Fsp3) is 0.500. The van der Waals surface area contributed by atoms with E-state index in [-0.39, 0.29) is 43.3 Å². The molecule has 1 aromatic carbocycles. The number of benzene rings is 1. The van der Waals surface area contributed by atoms with Crippen LogP contribution in [-0.2, 0) is 4.79 Å². The average Bonchev–Trinajstić information content (AvgIpc) is 2.44. The summed E-state index contributed by atoms with van der Waals surface area (Å²) in [6, 6.07) is 7.81. The number of nitrogens with one attached hydrogen (secondary N) is 1. The Morgan fingerprint density at radius 2 is 1.86 bits per heavy atom. The van der Waals surface area contributed by atoms with Crippen LogP contribution in [-0.4, -0.2) is 37.0 Å². The van der Waals surface area contributed by atoms with Crippen LogP contribution in [0.2, 0.25) is 5.02 Å². The number of nitrogens with two attached hydrogens (primary N) is 1. The van der Waals surface area contributed by atoms with Gasteiger partial charge in [0.25, 0.3) is 0 Å². The number of likely N-dealkylation sites (N-methyl/N-ethyl adjacent to an activating group) is 1. The third kappa shape index (κ3) is 6.85. The van der Waals surface area contributed by atoms with Gasteiger partial charge in [-0.1, -0.05) is 43.6 Å². The molecule has 3 N–H and O–H groups in total. The van der Waals surface area contributed by atoms with Crippen LogP contribution in [0.3, 0.4) is 0 Å². The predicted molar refractivity (Wildman–Crippen MR) is 93.7 cm³/mol. The summed E-state index contributed by atoms with van der Waals surface area (Å²) < 4.78 is 0. The van der Waals surface area contributed by atoms with E-state index in [2.05, 4.69) is 24.1 Å². The van der Waals surface area contributed by atoms with E-state index < -0.39 is 0 Å². The second kappa shape index (κ2) is 12.1. The number of rotatable bonds is 7. The van der Waals surface area contributed by atoms with Crippen LogP contribution in [0.25, 0.3) is 0 Å². The monoisotopic (exact) mass is 355 g/mol. The summed E-state index contributed by atoms with van der Waals surface area (Å²) >= 11 is 6.26. The van der Waals surface area contributed by atoms with Crippen molar-refractivity contribution in [2.75, 3.05) is 26.2 Å². The second-order valence-electron chi connectivity index (χ2n) is 4.27. The van der Waals surface area contributed by atoms with Gasteiger partial charge in [0.15, 0.2) is 0 Å². The molecule has 1 amide bonds. The quantitative estimate of drug-likeness (QED) is 0.789. The molecule has 0 spiro atoms. The molecule has 1 aromatic rings. The Hall–Kier alpha value is -0.520. The SMILES string of the molecule is CCN(CC)C(CNC(=O)CN)c1ccccc1Cl.Cl.Cl. The second-order valence-corrected chi connectivity index (χ2v) is 4.67. The third-order valence-electron chi connectivity index (χ3n) is 3.20. The van der Waals surface area contributed by atoms with Crippen LogP contribution in [0.1, 0.15) is 25.5 Å². The molecule has 4 nitrogen and oxygen atoms in total. The highest BCUT2D eigenvalue weighted by Crippen LogP contribution is 2.26. The number of hydrogen-bond acceptors (Lipinski definition) is 3. The molecule has 0 fully saturated rings. The number of carbonyl (C=O) groups excluding carboxylic acids is 1. The summed E-state index contributed by atoms with van der Waals surface area (Å²) in [6.45, 7) is 6.50. The van der Waals surface area contributed by atoms with Gasteiger partial charge in [-0.05, 0) is 24.7 Å². The number of carbonyl (C=O) groups is 1. The number of halogens is 3. The first-order valence-electron chi connectivity index (χ1n) is 6.59. The van der Waals surface area contributed by atoms with Gasteiger partial charge in [-0.15, -0.1) is 24.8 Å². The van der Waals surface area contributed by atoms with Crippen LogP contribution in [0.15, 0.2) is 24.3 Å². The average molecular weight is 357 g/mol. The molecule has 0 aromatic heterocycles. The van der Waals surface area contributed by atoms with Gasteiger partial charge >= 0.3 is 0 Å². The molecule has 1 atom stereocenters. The van der Waals surface area contributed by atoms with E-state index in [0.29, 0.717) is 6.54 Å². The van der Waals surface area contributed by atoms with Gasteiger partial charge in [0, 0.05) is 11.6 Å². The molecule has 1 unspecified atom stereocenters. The lowest BCUT2D eigenvalue weighted by atomic mass is 10.0. The molecular weight excluding hydrogens is 333 g/mol. The zero-order valence-electron chi connectivity index (χ0n) is 12.3. The van der Waals surface area contributed by atoms with Crippen LogP contribution >= 0.6 is 36.4 Å². The van der Waals surface area contributed by atoms with E-state index >= 15 is 0 Å². The van der Waals surface area contributed by atoms with Gasteiger partial charge in [0.2, 0.25) is 5.91 Å². The third-order valence-corrected chi connectivity index (χ3v) is 3.54. The highest BCUT2D eigenvalue weighted by atomic mass is 35.5. The lowest BCUT2D eigenvalue weighted by Gasteiger charge is -2.30. The van der Waals surface area contributed by atoms with E-state index in [4.69, 9.17) is 17.3 Å². The van der Waals surface area contributed by atoms with Crippen molar-refractivity contribution in [2.24, 2.45) is 5.73 Å². The minimum atomic E-state index is -0.149. The Kier molecular flexibility index (Phi) is 13.1. The minimum absolute atomic E-state index is 0. The van der Waals surface area contributed by atoms with Gasteiger partial charge in [-0.3, -0.25) is 9.69 Å². The van der Waals surface area contributed by atoms with Gasteiger partial charge in [0.1, 0.15) is 0 Å². The van der Waals surface area contributed by atoms with Crippen molar-refractivity contribution in [3.63, 3.8) is 0 Å². The summed E-state index contributed by atoms with van der Waals surface area (Å²) in [7, 11) is 0. The Morgan fingerprint density at radius 1 is 1.29 bits per heavy atom. The Morgan fingerprint density at radius 3 is 2.33 bits per heavy atom. The van der Waals surface area contributed by atoms with Crippen molar-refractivity contribution < 1.29 is 4.79 Å². The van der Waals surface area contributed by atoms with Crippen molar-refractivity contribution in [1.29, 1.82) is 0 Å². The first-order chi connectivity index (χ1) is 9.13. The van der Waals surface area contributed by atoms with Crippen molar-refractivity contribution in [2.45, 2.75) is 19.9 Å². The smallest absolute Gasteiger partial charge is 0.233 e. The molecule has 0 radical (unpaired) electrons. The molecule has 0 saturated carbocycles. The van der Waals surface area contributed by atoms with E-state index in [1.54, 1.807) is 0 Å². The maximum Gasteiger partial charge on any atom is 0.233 e. The number of hydrogen-bond donors (Lipinski definition) is 2. The van der Waals surface area contributed by atoms with Crippen LogP contribution in [0, 0.1) is 0 Å². The molecular formula is C14H24Cl3N3O. The normalized spacial score (nSPS) is 11.3. The lowest BCUT2D eigenvalue weighted by Crippen LogP contribution is -2.40. The highest BCUT2D eigenvalue weighted by Gasteiger charge is 2.20. The first kappa shape index (κ1) is 22.8. The molecule has 0 aliphatic heterocycles. The molecule has 122 valence electrons. The van der Waals surface area contributed by atoms with Gasteiger partial charge in [-0.25, -0.2) is 0 Å². The molecule has 0 bridgehead atoms. The summed E-state index contributed by atoms with van der Waals surface area (Å²) in [6.07, 6.45) is 0. The molecule has 7 heteroatoms. The van der Waals surface area contributed by atoms with Gasteiger partial charge in [-0.2, -0.15) is 0 Å². The maximum atomic E-state index is 11.3. The van der Waals surface area contributed by atoms with Crippen molar-refractivity contribution >= 4 is 42.3 Å². The van der Waals surface area contributed by atoms with Gasteiger partial charge in [0.05, 0.1) is 12.6 Å². The van der Waals surface area contributed by atoms with E-state index in [1.807, 2.05) is 24.3 Å². The molecule has 0 saturated heterocycles. The molecule has 21 heavy (non-hydrogen) atoms. The van der Waals surface area contributed by atoms with E-state index in [9.17, 15) is 4.79 Å². The Bertz CT molecular complexity index is 414. The first-order valence-corrected chi connectivity index (χ1v) is 6.97. The van der Waals surface area contributed by atoms with Crippen LogP contribution in [0.5, 0.6) is 0 Å². The Balaban J connectivity index is 0. The molecule has 0 aliphatic rings. The summed E-state index contributed by atoms with van der Waals surface area (Å²) in [5, 5.41) is 3.57.